The number of benzene rings is 2. The van der Waals surface area contributed by atoms with Crippen molar-refractivity contribution in [3.63, 3.8) is 0 Å². The second-order valence-electron chi connectivity index (χ2n) is 4.60. The van der Waals surface area contributed by atoms with Crippen LogP contribution in [0.1, 0.15) is 26.7 Å². The molecule has 0 aliphatic rings. The fraction of sp³-hybridized carbons (Fsp3) is 0.294. The van der Waals surface area contributed by atoms with Crippen molar-refractivity contribution in [2.45, 2.75) is 32.7 Å². The van der Waals surface area contributed by atoms with Gasteiger partial charge in [-0.05, 0) is 49.2 Å². The molecule has 0 fully saturated rings. The fourth-order valence-corrected chi connectivity index (χ4v) is 1.97. The summed E-state index contributed by atoms with van der Waals surface area (Å²) in [6.07, 6.45) is 2.28. The van der Waals surface area contributed by atoms with Gasteiger partial charge in [0.1, 0.15) is 11.5 Å². The van der Waals surface area contributed by atoms with Crippen LogP contribution in [0.2, 0.25) is 0 Å². The lowest BCUT2D eigenvalue weighted by atomic mass is 10.1. The van der Waals surface area contributed by atoms with Crippen molar-refractivity contribution in [1.29, 1.82) is 0 Å². The largest absolute Gasteiger partial charge is 0.457 e. The molecule has 2 aromatic rings. The molecule has 0 bridgehead atoms. The Balaban J connectivity index is 1.98. The summed E-state index contributed by atoms with van der Waals surface area (Å²) in [5.41, 5.74) is 1.15. The highest BCUT2D eigenvalue weighted by molar-refractivity contribution is 5.47. The van der Waals surface area contributed by atoms with Crippen LogP contribution >= 0.6 is 0 Å². The molecule has 0 aliphatic carbocycles. The standard InChI is InChI=1S/C17H21NO/c1-3-14(4-2)18-15-10-12-17(13-11-15)19-16-8-6-5-7-9-16/h5-14,18H,3-4H2,1-2H3. The SMILES string of the molecule is CCC(CC)Nc1ccc(Oc2ccccc2)cc1. The molecule has 100 valence electrons. The zero-order valence-corrected chi connectivity index (χ0v) is 11.6. The number of anilines is 1. The third kappa shape index (κ3) is 4.02. The number of hydrogen-bond acceptors (Lipinski definition) is 2. The molecule has 0 amide bonds. The quantitative estimate of drug-likeness (QED) is 0.777. The van der Waals surface area contributed by atoms with Crippen molar-refractivity contribution in [2.75, 3.05) is 5.32 Å². The van der Waals surface area contributed by atoms with Crippen LogP contribution < -0.4 is 10.1 Å². The molecule has 2 heteroatoms. The number of para-hydroxylation sites is 1. The Morgan fingerprint density at radius 1 is 0.842 bits per heavy atom. The van der Waals surface area contributed by atoms with E-state index in [1.54, 1.807) is 0 Å². The van der Waals surface area contributed by atoms with Crippen LogP contribution in [0.15, 0.2) is 54.6 Å². The lowest BCUT2D eigenvalue weighted by molar-refractivity contribution is 0.482. The molecule has 19 heavy (non-hydrogen) atoms. The molecule has 1 N–H and O–H groups in total. The van der Waals surface area contributed by atoms with E-state index in [0.29, 0.717) is 6.04 Å². The third-order valence-electron chi connectivity index (χ3n) is 3.19. The van der Waals surface area contributed by atoms with Crippen LogP contribution in [-0.4, -0.2) is 6.04 Å². The lowest BCUT2D eigenvalue weighted by Crippen LogP contribution is -2.16. The summed E-state index contributed by atoms with van der Waals surface area (Å²) in [5, 5.41) is 3.51. The van der Waals surface area contributed by atoms with Gasteiger partial charge in [-0.25, -0.2) is 0 Å². The van der Waals surface area contributed by atoms with Gasteiger partial charge >= 0.3 is 0 Å². The van der Waals surface area contributed by atoms with Crippen LogP contribution in [-0.2, 0) is 0 Å². The zero-order valence-electron chi connectivity index (χ0n) is 11.6. The van der Waals surface area contributed by atoms with Crippen LogP contribution in [0.4, 0.5) is 5.69 Å². The van der Waals surface area contributed by atoms with Gasteiger partial charge in [-0.2, -0.15) is 0 Å². The molecular formula is C17H21NO. The van der Waals surface area contributed by atoms with E-state index in [1.165, 1.54) is 0 Å². The molecule has 2 rings (SSSR count). The van der Waals surface area contributed by atoms with Gasteiger partial charge in [0.15, 0.2) is 0 Å². The van der Waals surface area contributed by atoms with Crippen LogP contribution in [0.25, 0.3) is 0 Å². The summed E-state index contributed by atoms with van der Waals surface area (Å²) in [6.45, 7) is 4.40. The first kappa shape index (κ1) is 13.5. The van der Waals surface area contributed by atoms with E-state index in [9.17, 15) is 0 Å². The highest BCUT2D eigenvalue weighted by Gasteiger charge is 2.03. The average Bonchev–Trinajstić information content (AvgIpc) is 2.47. The van der Waals surface area contributed by atoms with Gasteiger partial charge in [-0.1, -0.05) is 32.0 Å². The van der Waals surface area contributed by atoms with Gasteiger partial charge in [0.2, 0.25) is 0 Å². The normalized spacial score (nSPS) is 10.5. The minimum atomic E-state index is 0.542. The van der Waals surface area contributed by atoms with Gasteiger partial charge in [0.05, 0.1) is 0 Å². The van der Waals surface area contributed by atoms with E-state index in [0.717, 1.165) is 30.0 Å². The van der Waals surface area contributed by atoms with Crippen molar-refractivity contribution >= 4 is 5.69 Å². The molecule has 0 spiro atoms. The molecule has 2 aromatic carbocycles. The monoisotopic (exact) mass is 255 g/mol. The molecule has 0 unspecified atom stereocenters. The highest BCUT2D eigenvalue weighted by atomic mass is 16.5. The summed E-state index contributed by atoms with van der Waals surface area (Å²) in [5.74, 6) is 1.73. The molecule has 0 atom stereocenters. The van der Waals surface area contributed by atoms with E-state index >= 15 is 0 Å². The van der Waals surface area contributed by atoms with E-state index in [4.69, 9.17) is 4.74 Å². The predicted molar refractivity (Wildman–Crippen MR) is 81.0 cm³/mol. The van der Waals surface area contributed by atoms with E-state index in [1.807, 2.05) is 42.5 Å². The van der Waals surface area contributed by atoms with E-state index in [2.05, 4.69) is 31.3 Å². The van der Waals surface area contributed by atoms with Gasteiger partial charge in [-0.15, -0.1) is 0 Å². The summed E-state index contributed by atoms with van der Waals surface area (Å²) in [7, 11) is 0. The smallest absolute Gasteiger partial charge is 0.127 e. The van der Waals surface area contributed by atoms with Crippen molar-refractivity contribution in [3.05, 3.63) is 54.6 Å². The Morgan fingerprint density at radius 2 is 1.42 bits per heavy atom. The molecular weight excluding hydrogens is 234 g/mol. The first-order valence-corrected chi connectivity index (χ1v) is 6.91. The maximum absolute atomic E-state index is 5.76. The van der Waals surface area contributed by atoms with Crippen molar-refractivity contribution < 1.29 is 4.74 Å². The molecule has 0 heterocycles. The van der Waals surface area contributed by atoms with Gasteiger partial charge in [0.25, 0.3) is 0 Å². The molecule has 0 aliphatic heterocycles. The van der Waals surface area contributed by atoms with Crippen molar-refractivity contribution in [3.8, 4) is 11.5 Å². The number of ether oxygens (including phenoxy) is 1. The van der Waals surface area contributed by atoms with Gasteiger partial charge in [0, 0.05) is 11.7 Å². The third-order valence-corrected chi connectivity index (χ3v) is 3.19. The molecule has 0 radical (unpaired) electrons. The van der Waals surface area contributed by atoms with Gasteiger partial charge < -0.3 is 10.1 Å². The second-order valence-corrected chi connectivity index (χ2v) is 4.60. The molecule has 0 saturated heterocycles. The van der Waals surface area contributed by atoms with E-state index < -0.39 is 0 Å². The Bertz CT molecular complexity index is 474. The Morgan fingerprint density at radius 3 is 2.00 bits per heavy atom. The summed E-state index contributed by atoms with van der Waals surface area (Å²) in [4.78, 5) is 0. The Hall–Kier alpha value is -1.96. The second kappa shape index (κ2) is 6.83. The molecule has 0 aromatic heterocycles. The first-order valence-electron chi connectivity index (χ1n) is 6.91. The van der Waals surface area contributed by atoms with Crippen molar-refractivity contribution in [1.82, 2.24) is 0 Å². The predicted octanol–water partition coefficient (Wildman–Crippen LogP) is 5.08. The van der Waals surface area contributed by atoms with Crippen molar-refractivity contribution in [2.24, 2.45) is 0 Å². The number of nitrogens with one attached hydrogen (secondary N) is 1. The van der Waals surface area contributed by atoms with E-state index in [-0.39, 0.29) is 0 Å². The van der Waals surface area contributed by atoms with Crippen LogP contribution in [0.5, 0.6) is 11.5 Å². The van der Waals surface area contributed by atoms with Crippen LogP contribution in [0, 0.1) is 0 Å². The maximum Gasteiger partial charge on any atom is 0.127 e. The summed E-state index contributed by atoms with van der Waals surface area (Å²) >= 11 is 0. The van der Waals surface area contributed by atoms with Gasteiger partial charge in [-0.3, -0.25) is 0 Å². The Kier molecular flexibility index (Phi) is 4.85. The zero-order chi connectivity index (χ0) is 13.5. The highest BCUT2D eigenvalue weighted by Crippen LogP contribution is 2.23. The number of rotatable bonds is 6. The summed E-state index contributed by atoms with van der Waals surface area (Å²) < 4.78 is 5.76. The minimum Gasteiger partial charge on any atom is -0.457 e. The summed E-state index contributed by atoms with van der Waals surface area (Å²) in [6, 6.07) is 18.5. The lowest BCUT2D eigenvalue weighted by Gasteiger charge is -2.16. The molecule has 2 nitrogen and oxygen atoms in total. The molecule has 0 saturated carbocycles. The minimum absolute atomic E-state index is 0.542. The Labute approximate surface area is 115 Å². The number of hydrogen-bond donors (Lipinski definition) is 1. The van der Waals surface area contributed by atoms with Crippen LogP contribution in [0.3, 0.4) is 0 Å². The maximum atomic E-state index is 5.76. The topological polar surface area (TPSA) is 21.3 Å². The first-order chi connectivity index (χ1) is 9.31. The fourth-order valence-electron chi connectivity index (χ4n) is 1.97. The average molecular weight is 255 g/mol.